The normalized spacial score (nSPS) is 11.9. The van der Waals surface area contributed by atoms with E-state index in [2.05, 4.69) is 10.3 Å². The first-order valence-corrected chi connectivity index (χ1v) is 6.16. The number of aliphatic hydroxyl groups excluding tert-OH is 1. The van der Waals surface area contributed by atoms with E-state index in [4.69, 9.17) is 0 Å². The lowest BCUT2D eigenvalue weighted by atomic mass is 10.1. The van der Waals surface area contributed by atoms with Crippen molar-refractivity contribution >= 4 is 11.6 Å². The molecule has 20 heavy (non-hydrogen) atoms. The number of carbonyl (C=O) groups excluding carboxylic acids is 1. The van der Waals surface area contributed by atoms with E-state index in [9.17, 15) is 14.7 Å². The Morgan fingerprint density at radius 3 is 2.85 bits per heavy atom. The van der Waals surface area contributed by atoms with E-state index < -0.39 is 11.8 Å². The van der Waals surface area contributed by atoms with Crippen molar-refractivity contribution in [2.75, 3.05) is 5.32 Å². The largest absolute Gasteiger partial charge is 0.389 e. The second kappa shape index (κ2) is 6.12. The molecule has 0 spiro atoms. The fourth-order valence-electron chi connectivity index (χ4n) is 1.83. The summed E-state index contributed by atoms with van der Waals surface area (Å²) in [5.74, 6) is -0.354. The number of nitrogens with one attached hydrogen (secondary N) is 1. The van der Waals surface area contributed by atoms with Gasteiger partial charge in [-0.3, -0.25) is 9.36 Å². The number of carbonyl (C=O) groups is 1. The summed E-state index contributed by atoms with van der Waals surface area (Å²) in [5, 5.41) is 12.3. The molecule has 2 rings (SSSR count). The zero-order valence-electron chi connectivity index (χ0n) is 11.0. The van der Waals surface area contributed by atoms with Gasteiger partial charge in [0.05, 0.1) is 6.10 Å². The summed E-state index contributed by atoms with van der Waals surface area (Å²) in [4.78, 5) is 26.9. The molecule has 0 saturated carbocycles. The molecule has 0 aliphatic carbocycles. The van der Waals surface area contributed by atoms with Crippen molar-refractivity contribution in [3.8, 4) is 0 Å². The number of para-hydroxylation sites is 1. The van der Waals surface area contributed by atoms with Crippen LogP contribution < -0.4 is 11.0 Å². The summed E-state index contributed by atoms with van der Waals surface area (Å²) in [5.41, 5.74) is 0.676. The van der Waals surface area contributed by atoms with Crippen molar-refractivity contribution in [3.63, 3.8) is 0 Å². The van der Waals surface area contributed by atoms with Gasteiger partial charge in [0.1, 0.15) is 6.54 Å². The van der Waals surface area contributed by atoms with Crippen molar-refractivity contribution < 1.29 is 9.90 Å². The molecule has 2 N–H and O–H groups in total. The molecule has 6 heteroatoms. The van der Waals surface area contributed by atoms with Crippen LogP contribution in [0.25, 0.3) is 0 Å². The SMILES string of the molecule is CC(O)c1ccccc1NC(=O)Cn1cccnc1=O. The van der Waals surface area contributed by atoms with Gasteiger partial charge in [-0.25, -0.2) is 9.78 Å². The number of benzene rings is 1. The fraction of sp³-hybridized carbons (Fsp3) is 0.214. The molecule has 0 aliphatic rings. The zero-order chi connectivity index (χ0) is 14.5. The van der Waals surface area contributed by atoms with Gasteiger partial charge in [0.2, 0.25) is 5.91 Å². The lowest BCUT2D eigenvalue weighted by Gasteiger charge is -2.13. The van der Waals surface area contributed by atoms with Gasteiger partial charge >= 0.3 is 5.69 Å². The van der Waals surface area contributed by atoms with Gasteiger partial charge in [0.15, 0.2) is 0 Å². The van der Waals surface area contributed by atoms with Gasteiger partial charge < -0.3 is 10.4 Å². The predicted octanol–water partition coefficient (Wildman–Crippen LogP) is 0.935. The molecule has 1 aromatic heterocycles. The summed E-state index contributed by atoms with van der Waals surface area (Å²) in [6.07, 6.45) is 2.18. The number of nitrogens with zero attached hydrogens (tertiary/aromatic N) is 2. The summed E-state index contributed by atoms with van der Waals surface area (Å²) in [6.45, 7) is 1.50. The molecule has 0 bridgehead atoms. The molecule has 2 aromatic rings. The Kier molecular flexibility index (Phi) is 4.27. The smallest absolute Gasteiger partial charge is 0.347 e. The monoisotopic (exact) mass is 273 g/mol. The Balaban J connectivity index is 2.13. The van der Waals surface area contributed by atoms with E-state index in [1.807, 2.05) is 0 Å². The maximum atomic E-state index is 11.9. The van der Waals surface area contributed by atoms with E-state index in [1.165, 1.54) is 17.0 Å². The number of hydrogen-bond acceptors (Lipinski definition) is 4. The van der Waals surface area contributed by atoms with Crippen molar-refractivity contribution in [2.45, 2.75) is 19.6 Å². The third-order valence-corrected chi connectivity index (χ3v) is 2.78. The highest BCUT2D eigenvalue weighted by atomic mass is 16.3. The summed E-state index contributed by atoms with van der Waals surface area (Å²) in [7, 11) is 0. The maximum Gasteiger partial charge on any atom is 0.347 e. The highest BCUT2D eigenvalue weighted by Crippen LogP contribution is 2.21. The molecule has 0 radical (unpaired) electrons. The fourth-order valence-corrected chi connectivity index (χ4v) is 1.83. The number of anilines is 1. The minimum atomic E-state index is -0.687. The second-order valence-corrected chi connectivity index (χ2v) is 4.34. The number of aliphatic hydroxyl groups is 1. The quantitative estimate of drug-likeness (QED) is 0.868. The molecule has 1 aromatic carbocycles. The zero-order valence-corrected chi connectivity index (χ0v) is 11.0. The van der Waals surface area contributed by atoms with Crippen molar-refractivity contribution in [1.82, 2.24) is 9.55 Å². The average Bonchev–Trinajstić information content (AvgIpc) is 2.41. The van der Waals surface area contributed by atoms with Crippen LogP contribution >= 0.6 is 0 Å². The minimum Gasteiger partial charge on any atom is -0.389 e. The van der Waals surface area contributed by atoms with Crippen LogP contribution in [-0.4, -0.2) is 20.6 Å². The van der Waals surface area contributed by atoms with Crippen LogP contribution in [0.4, 0.5) is 5.69 Å². The number of rotatable bonds is 4. The molecule has 6 nitrogen and oxygen atoms in total. The third kappa shape index (κ3) is 3.30. The van der Waals surface area contributed by atoms with Crippen LogP contribution in [0.5, 0.6) is 0 Å². The van der Waals surface area contributed by atoms with Gasteiger partial charge in [-0.2, -0.15) is 0 Å². The average molecular weight is 273 g/mol. The Morgan fingerprint density at radius 2 is 2.15 bits per heavy atom. The highest BCUT2D eigenvalue weighted by Gasteiger charge is 2.10. The highest BCUT2D eigenvalue weighted by molar-refractivity contribution is 5.91. The Labute approximate surface area is 115 Å². The first-order valence-electron chi connectivity index (χ1n) is 6.16. The standard InChI is InChI=1S/C14H15N3O3/c1-10(18)11-5-2-3-6-12(11)16-13(19)9-17-8-4-7-15-14(17)20/h2-8,10,18H,9H2,1H3,(H,16,19). The molecule has 1 unspecified atom stereocenters. The molecule has 1 heterocycles. The van der Waals surface area contributed by atoms with Crippen molar-refractivity contribution in [3.05, 3.63) is 58.8 Å². The van der Waals surface area contributed by atoms with E-state index in [1.54, 1.807) is 37.3 Å². The Bertz CT molecular complexity index is 664. The van der Waals surface area contributed by atoms with Crippen LogP contribution in [0.1, 0.15) is 18.6 Å². The van der Waals surface area contributed by atoms with Crippen molar-refractivity contribution in [2.24, 2.45) is 0 Å². The van der Waals surface area contributed by atoms with Gasteiger partial charge in [-0.05, 0) is 19.1 Å². The lowest BCUT2D eigenvalue weighted by Crippen LogP contribution is -2.28. The number of aromatic nitrogens is 2. The van der Waals surface area contributed by atoms with E-state index in [0.717, 1.165) is 0 Å². The first kappa shape index (κ1) is 14.0. The van der Waals surface area contributed by atoms with Gasteiger partial charge in [0.25, 0.3) is 0 Å². The Morgan fingerprint density at radius 1 is 1.40 bits per heavy atom. The molecule has 104 valence electrons. The molecular formula is C14H15N3O3. The van der Waals surface area contributed by atoms with Crippen LogP contribution in [0, 0.1) is 0 Å². The van der Waals surface area contributed by atoms with Crippen molar-refractivity contribution in [1.29, 1.82) is 0 Å². The molecular weight excluding hydrogens is 258 g/mol. The van der Waals surface area contributed by atoms with Crippen LogP contribution in [0.3, 0.4) is 0 Å². The lowest BCUT2D eigenvalue weighted by molar-refractivity contribution is -0.116. The molecule has 0 aliphatic heterocycles. The van der Waals surface area contributed by atoms with Crippen LogP contribution in [0.15, 0.2) is 47.5 Å². The molecule has 1 atom stereocenters. The topological polar surface area (TPSA) is 84.2 Å². The van der Waals surface area contributed by atoms with Gasteiger partial charge in [0, 0.05) is 23.6 Å². The Hall–Kier alpha value is -2.47. The van der Waals surface area contributed by atoms with Crippen LogP contribution in [0.2, 0.25) is 0 Å². The van der Waals surface area contributed by atoms with Gasteiger partial charge in [-0.1, -0.05) is 18.2 Å². The molecule has 0 saturated heterocycles. The molecule has 1 amide bonds. The number of amides is 1. The summed E-state index contributed by atoms with van der Waals surface area (Å²) in [6, 6.07) is 8.56. The van der Waals surface area contributed by atoms with Gasteiger partial charge in [-0.15, -0.1) is 0 Å². The van der Waals surface area contributed by atoms with E-state index in [-0.39, 0.29) is 12.5 Å². The third-order valence-electron chi connectivity index (χ3n) is 2.78. The second-order valence-electron chi connectivity index (χ2n) is 4.34. The molecule has 0 fully saturated rings. The van der Waals surface area contributed by atoms with E-state index in [0.29, 0.717) is 11.3 Å². The minimum absolute atomic E-state index is 0.124. The summed E-state index contributed by atoms with van der Waals surface area (Å²) >= 11 is 0. The summed E-state index contributed by atoms with van der Waals surface area (Å²) < 4.78 is 1.21. The first-order chi connectivity index (χ1) is 9.58. The predicted molar refractivity (Wildman–Crippen MR) is 74.2 cm³/mol. The van der Waals surface area contributed by atoms with E-state index >= 15 is 0 Å². The maximum absolute atomic E-state index is 11.9. The number of hydrogen-bond donors (Lipinski definition) is 2. The van der Waals surface area contributed by atoms with Crippen LogP contribution in [-0.2, 0) is 11.3 Å².